The highest BCUT2D eigenvalue weighted by Gasteiger charge is 2.30. The van der Waals surface area contributed by atoms with Gasteiger partial charge in [-0.25, -0.2) is 0 Å². The molecule has 1 aliphatic rings. The van der Waals surface area contributed by atoms with E-state index in [2.05, 4.69) is 22.2 Å². The molecule has 1 saturated heterocycles. The minimum absolute atomic E-state index is 0.00698. The Bertz CT molecular complexity index is 433. The summed E-state index contributed by atoms with van der Waals surface area (Å²) in [5, 5.41) is 8.54. The van der Waals surface area contributed by atoms with Gasteiger partial charge in [0.2, 0.25) is 0 Å². The highest BCUT2D eigenvalue weighted by Crippen LogP contribution is 2.28. The quantitative estimate of drug-likeness (QED) is 0.818. The van der Waals surface area contributed by atoms with Gasteiger partial charge in [-0.15, -0.1) is 0 Å². The van der Waals surface area contributed by atoms with Gasteiger partial charge in [-0.2, -0.15) is 5.10 Å². The van der Waals surface area contributed by atoms with Crippen molar-refractivity contribution in [3.63, 3.8) is 0 Å². The smallest absolute Gasteiger partial charge is 0.102 e. The van der Waals surface area contributed by atoms with Crippen molar-refractivity contribution in [1.29, 1.82) is 0 Å². The average Bonchev–Trinajstić information content (AvgIpc) is 2.84. The molecule has 2 rings (SSSR count). The summed E-state index contributed by atoms with van der Waals surface area (Å²) in [5.74, 6) is 0. The van der Waals surface area contributed by atoms with E-state index in [9.17, 15) is 0 Å². The number of halogens is 1. The fourth-order valence-electron chi connectivity index (χ4n) is 2.48. The van der Waals surface area contributed by atoms with Crippen LogP contribution in [0.4, 0.5) is 0 Å². The third kappa shape index (κ3) is 4.40. The molecule has 0 spiro atoms. The molecule has 120 valence electrons. The molecule has 0 saturated carbocycles. The number of nitrogens with zero attached hydrogens (tertiary/aromatic N) is 3. The molecule has 6 nitrogen and oxygen atoms in total. The summed E-state index contributed by atoms with van der Waals surface area (Å²) in [4.78, 5) is 2.13. The van der Waals surface area contributed by atoms with Crippen LogP contribution in [0, 0.1) is 0 Å². The van der Waals surface area contributed by atoms with Crippen LogP contribution in [-0.2, 0) is 16.0 Å². The third-order valence-electron chi connectivity index (χ3n) is 3.52. The SMILES string of the molecule is CCNC(c1c(Cl)cnn1CCN(C)C)C1COCCO1. The van der Waals surface area contributed by atoms with Gasteiger partial charge < -0.3 is 19.7 Å². The number of rotatable bonds is 7. The zero-order valence-corrected chi connectivity index (χ0v) is 13.8. The van der Waals surface area contributed by atoms with Crippen LogP contribution in [0.5, 0.6) is 0 Å². The van der Waals surface area contributed by atoms with Crippen LogP contribution < -0.4 is 5.32 Å². The Balaban J connectivity index is 2.19. The predicted octanol–water partition coefficient (Wildman–Crippen LogP) is 1.16. The Labute approximate surface area is 131 Å². The zero-order valence-electron chi connectivity index (χ0n) is 13.0. The molecule has 0 bridgehead atoms. The van der Waals surface area contributed by atoms with Crippen LogP contribution in [0.25, 0.3) is 0 Å². The lowest BCUT2D eigenvalue weighted by Crippen LogP contribution is -2.42. The minimum Gasteiger partial charge on any atom is -0.376 e. The minimum atomic E-state index is -0.0361. The molecule has 7 heteroatoms. The van der Waals surface area contributed by atoms with E-state index in [4.69, 9.17) is 21.1 Å². The van der Waals surface area contributed by atoms with Gasteiger partial charge in [0.25, 0.3) is 0 Å². The monoisotopic (exact) mass is 316 g/mol. The summed E-state index contributed by atoms with van der Waals surface area (Å²) in [5.41, 5.74) is 0.982. The van der Waals surface area contributed by atoms with E-state index >= 15 is 0 Å². The Morgan fingerprint density at radius 1 is 1.52 bits per heavy atom. The van der Waals surface area contributed by atoms with E-state index in [1.165, 1.54) is 0 Å². The van der Waals surface area contributed by atoms with Crippen molar-refractivity contribution < 1.29 is 9.47 Å². The fraction of sp³-hybridized carbons (Fsp3) is 0.786. The van der Waals surface area contributed by atoms with E-state index in [1.807, 2.05) is 18.8 Å². The van der Waals surface area contributed by atoms with E-state index < -0.39 is 0 Å². The van der Waals surface area contributed by atoms with E-state index in [0.717, 1.165) is 25.3 Å². The van der Waals surface area contributed by atoms with Gasteiger partial charge in [-0.3, -0.25) is 4.68 Å². The Morgan fingerprint density at radius 3 is 2.95 bits per heavy atom. The Hall–Kier alpha value is -0.660. The summed E-state index contributed by atoms with van der Waals surface area (Å²) in [6, 6.07) is -0.00698. The summed E-state index contributed by atoms with van der Waals surface area (Å²) in [6.07, 6.45) is 1.67. The molecule has 1 aromatic rings. The summed E-state index contributed by atoms with van der Waals surface area (Å²) in [6.45, 7) is 6.47. The molecule has 0 aromatic carbocycles. The van der Waals surface area contributed by atoms with E-state index in [-0.39, 0.29) is 12.1 Å². The highest BCUT2D eigenvalue weighted by molar-refractivity contribution is 6.31. The number of hydrogen-bond acceptors (Lipinski definition) is 5. The first-order valence-corrected chi connectivity index (χ1v) is 7.80. The largest absolute Gasteiger partial charge is 0.376 e. The molecule has 0 radical (unpaired) electrons. The van der Waals surface area contributed by atoms with Crippen molar-refractivity contribution in [1.82, 2.24) is 20.0 Å². The molecule has 2 unspecified atom stereocenters. The maximum absolute atomic E-state index is 6.38. The normalized spacial score (nSPS) is 20.9. The lowest BCUT2D eigenvalue weighted by atomic mass is 10.1. The molecule has 2 atom stereocenters. The van der Waals surface area contributed by atoms with Crippen molar-refractivity contribution in [3.05, 3.63) is 16.9 Å². The second-order valence-electron chi connectivity index (χ2n) is 5.42. The van der Waals surface area contributed by atoms with Crippen molar-refractivity contribution in [2.75, 3.05) is 47.0 Å². The Kier molecular flexibility index (Phi) is 6.44. The van der Waals surface area contributed by atoms with Crippen LogP contribution in [0.2, 0.25) is 5.02 Å². The van der Waals surface area contributed by atoms with Crippen LogP contribution in [0.1, 0.15) is 18.7 Å². The van der Waals surface area contributed by atoms with Crippen molar-refractivity contribution >= 4 is 11.6 Å². The second kappa shape index (κ2) is 8.10. The zero-order chi connectivity index (χ0) is 15.2. The summed E-state index contributed by atoms with van der Waals surface area (Å²) >= 11 is 6.38. The molecule has 1 fully saturated rings. The van der Waals surface area contributed by atoms with Gasteiger partial charge in [0.05, 0.1) is 49.3 Å². The fourth-order valence-corrected chi connectivity index (χ4v) is 2.74. The van der Waals surface area contributed by atoms with Gasteiger partial charge in [0, 0.05) is 6.54 Å². The van der Waals surface area contributed by atoms with Gasteiger partial charge >= 0.3 is 0 Å². The second-order valence-corrected chi connectivity index (χ2v) is 5.83. The molecule has 1 aromatic heterocycles. The van der Waals surface area contributed by atoms with Gasteiger partial charge in [0.15, 0.2) is 0 Å². The number of ether oxygens (including phenoxy) is 2. The molecule has 1 aliphatic heterocycles. The molecule has 0 amide bonds. The van der Waals surface area contributed by atoms with Crippen LogP contribution in [0.15, 0.2) is 6.20 Å². The lowest BCUT2D eigenvalue weighted by molar-refractivity contribution is -0.103. The lowest BCUT2D eigenvalue weighted by Gasteiger charge is -2.31. The van der Waals surface area contributed by atoms with Crippen LogP contribution in [-0.4, -0.2) is 67.8 Å². The topological polar surface area (TPSA) is 51.6 Å². The van der Waals surface area contributed by atoms with Gasteiger partial charge in [-0.05, 0) is 20.6 Å². The van der Waals surface area contributed by atoms with Crippen LogP contribution in [0.3, 0.4) is 0 Å². The number of aromatic nitrogens is 2. The predicted molar refractivity (Wildman–Crippen MR) is 82.8 cm³/mol. The number of nitrogens with one attached hydrogen (secondary N) is 1. The van der Waals surface area contributed by atoms with Crippen molar-refractivity contribution in [3.8, 4) is 0 Å². The molecule has 1 N–H and O–H groups in total. The molecular formula is C14H25ClN4O2. The Morgan fingerprint density at radius 2 is 2.33 bits per heavy atom. The van der Waals surface area contributed by atoms with Crippen molar-refractivity contribution in [2.45, 2.75) is 25.6 Å². The third-order valence-corrected chi connectivity index (χ3v) is 3.82. The van der Waals surface area contributed by atoms with Gasteiger partial charge in [0.1, 0.15) is 6.10 Å². The average molecular weight is 317 g/mol. The van der Waals surface area contributed by atoms with Crippen LogP contribution >= 0.6 is 11.6 Å². The first-order chi connectivity index (χ1) is 10.1. The van der Waals surface area contributed by atoms with E-state index in [0.29, 0.717) is 24.8 Å². The summed E-state index contributed by atoms with van der Waals surface area (Å²) in [7, 11) is 4.09. The first-order valence-electron chi connectivity index (χ1n) is 7.42. The highest BCUT2D eigenvalue weighted by atomic mass is 35.5. The molecule has 2 heterocycles. The molecule has 0 aliphatic carbocycles. The van der Waals surface area contributed by atoms with Crippen molar-refractivity contribution in [2.24, 2.45) is 0 Å². The maximum atomic E-state index is 6.38. The number of likely N-dealkylation sites (N-methyl/N-ethyl adjacent to an activating group) is 2. The van der Waals surface area contributed by atoms with Gasteiger partial charge in [-0.1, -0.05) is 18.5 Å². The number of hydrogen-bond donors (Lipinski definition) is 1. The summed E-state index contributed by atoms with van der Waals surface area (Å²) < 4.78 is 13.4. The standard InChI is InChI=1S/C14H25ClN4O2/c1-4-16-13(12-10-20-7-8-21-12)14-11(15)9-17-19(14)6-5-18(2)3/h9,12-13,16H,4-8,10H2,1-3H3. The first kappa shape index (κ1) is 16.7. The maximum Gasteiger partial charge on any atom is 0.102 e. The molecular weight excluding hydrogens is 292 g/mol. The molecule has 21 heavy (non-hydrogen) atoms. The van der Waals surface area contributed by atoms with E-state index in [1.54, 1.807) is 6.20 Å².